The highest BCUT2D eigenvalue weighted by molar-refractivity contribution is 6.68. The smallest absolute Gasteiger partial charge is 0.248 e. The van der Waals surface area contributed by atoms with Gasteiger partial charge in [0.05, 0.1) is 14.2 Å². The summed E-state index contributed by atoms with van der Waals surface area (Å²) in [5.41, 5.74) is 2.59. The maximum atomic E-state index is 11.1. The van der Waals surface area contributed by atoms with Crippen LogP contribution in [0, 0.1) is 0 Å². The molecule has 0 aromatic heterocycles. The van der Waals surface area contributed by atoms with Gasteiger partial charge in [-0.05, 0) is 40.9 Å². The Kier molecular flexibility index (Phi) is 2.88. The number of hydrogen-bond acceptors (Lipinski definition) is 3. The van der Waals surface area contributed by atoms with Crippen LogP contribution in [0.3, 0.4) is 0 Å². The monoisotopic (exact) mass is 238 g/mol. The Morgan fingerprint density at radius 1 is 1.25 bits per heavy atom. The summed E-state index contributed by atoms with van der Waals surface area (Å²) >= 11 is 5.45. The molecule has 2 rings (SSSR count). The summed E-state index contributed by atoms with van der Waals surface area (Å²) in [4.78, 5) is 11.1. The zero-order valence-electron chi connectivity index (χ0n) is 9.04. The Morgan fingerprint density at radius 2 is 1.88 bits per heavy atom. The summed E-state index contributed by atoms with van der Waals surface area (Å²) in [5.74, 6) is 1.32. The van der Waals surface area contributed by atoms with E-state index in [0.717, 1.165) is 11.1 Å². The van der Waals surface area contributed by atoms with Crippen molar-refractivity contribution >= 4 is 22.9 Å². The van der Waals surface area contributed by atoms with Crippen molar-refractivity contribution in [3.05, 3.63) is 28.8 Å². The summed E-state index contributed by atoms with van der Waals surface area (Å²) in [6.07, 6.45) is 2.34. The van der Waals surface area contributed by atoms with Gasteiger partial charge in [0.1, 0.15) is 0 Å². The third-order valence-electron chi connectivity index (χ3n) is 2.61. The van der Waals surface area contributed by atoms with Crippen molar-refractivity contribution in [1.29, 1.82) is 0 Å². The van der Waals surface area contributed by atoms with Gasteiger partial charge in [0.2, 0.25) is 5.24 Å². The van der Waals surface area contributed by atoms with Gasteiger partial charge in [0, 0.05) is 12.0 Å². The number of methoxy groups -OCH3 is 2. The molecule has 1 aromatic rings. The molecule has 0 heterocycles. The van der Waals surface area contributed by atoms with E-state index in [1.807, 2.05) is 12.1 Å². The van der Waals surface area contributed by atoms with Crippen molar-refractivity contribution in [3.63, 3.8) is 0 Å². The number of halogens is 1. The minimum Gasteiger partial charge on any atom is -0.493 e. The zero-order valence-corrected chi connectivity index (χ0v) is 9.80. The molecule has 0 N–H and O–H groups in total. The Balaban J connectivity index is 2.44. The maximum Gasteiger partial charge on any atom is 0.248 e. The van der Waals surface area contributed by atoms with Crippen LogP contribution in [-0.2, 0) is 11.2 Å². The van der Waals surface area contributed by atoms with E-state index in [0.29, 0.717) is 23.5 Å². The standard InChI is InChI=1S/C12H11ClO3/c1-15-10-5-7-3-9(12(13)14)4-8(7)6-11(10)16-2/h3,5-6H,4H2,1-2H3. The fraction of sp³-hybridized carbons (Fsp3) is 0.250. The Hall–Kier alpha value is -1.48. The third-order valence-corrected chi connectivity index (χ3v) is 2.85. The van der Waals surface area contributed by atoms with Crippen LogP contribution in [0.15, 0.2) is 17.7 Å². The Morgan fingerprint density at radius 3 is 2.44 bits per heavy atom. The highest BCUT2D eigenvalue weighted by Crippen LogP contribution is 2.36. The van der Waals surface area contributed by atoms with Crippen LogP contribution in [0.5, 0.6) is 11.5 Å². The lowest BCUT2D eigenvalue weighted by Crippen LogP contribution is -1.95. The molecule has 0 saturated heterocycles. The van der Waals surface area contributed by atoms with Crippen LogP contribution in [0.25, 0.3) is 6.08 Å². The van der Waals surface area contributed by atoms with E-state index in [1.165, 1.54) is 0 Å². The molecule has 1 aliphatic rings. The maximum absolute atomic E-state index is 11.1. The molecule has 84 valence electrons. The molecule has 0 saturated carbocycles. The lowest BCUT2D eigenvalue weighted by Gasteiger charge is -2.09. The second-order valence-electron chi connectivity index (χ2n) is 3.53. The number of hydrogen-bond donors (Lipinski definition) is 0. The summed E-state index contributed by atoms with van der Waals surface area (Å²) in [5, 5.41) is -0.408. The molecule has 0 bridgehead atoms. The summed E-state index contributed by atoms with van der Waals surface area (Å²) in [6, 6.07) is 3.72. The van der Waals surface area contributed by atoms with Gasteiger partial charge in [-0.2, -0.15) is 0 Å². The normalized spacial score (nSPS) is 13.1. The van der Waals surface area contributed by atoms with Gasteiger partial charge in [0.15, 0.2) is 11.5 Å². The molecular formula is C12H11ClO3. The Labute approximate surface area is 98.6 Å². The minimum absolute atomic E-state index is 0.408. The highest BCUT2D eigenvalue weighted by Gasteiger charge is 2.19. The molecule has 0 amide bonds. The average molecular weight is 239 g/mol. The molecular weight excluding hydrogens is 228 g/mol. The van der Waals surface area contributed by atoms with E-state index in [-0.39, 0.29) is 0 Å². The second kappa shape index (κ2) is 4.18. The number of fused-ring (bicyclic) bond motifs is 1. The molecule has 3 nitrogen and oxygen atoms in total. The fourth-order valence-electron chi connectivity index (χ4n) is 1.79. The van der Waals surface area contributed by atoms with Crippen LogP contribution in [-0.4, -0.2) is 19.5 Å². The van der Waals surface area contributed by atoms with Crippen molar-refractivity contribution < 1.29 is 14.3 Å². The second-order valence-corrected chi connectivity index (χ2v) is 3.87. The Bertz CT molecular complexity index is 477. The lowest BCUT2D eigenvalue weighted by molar-refractivity contribution is -0.108. The third kappa shape index (κ3) is 1.78. The van der Waals surface area contributed by atoms with Gasteiger partial charge < -0.3 is 9.47 Å². The molecule has 4 heteroatoms. The summed E-state index contributed by atoms with van der Waals surface area (Å²) < 4.78 is 10.4. The molecule has 0 unspecified atom stereocenters. The number of rotatable bonds is 3. The first-order chi connectivity index (χ1) is 7.65. The number of allylic oxidation sites excluding steroid dienone is 1. The van der Waals surface area contributed by atoms with Gasteiger partial charge in [-0.3, -0.25) is 4.79 Å². The van der Waals surface area contributed by atoms with E-state index >= 15 is 0 Å². The number of ether oxygens (including phenoxy) is 2. The van der Waals surface area contributed by atoms with Crippen LogP contribution < -0.4 is 9.47 Å². The fourth-order valence-corrected chi connectivity index (χ4v) is 1.92. The molecule has 0 fully saturated rings. The predicted molar refractivity (Wildman–Crippen MR) is 62.1 cm³/mol. The van der Waals surface area contributed by atoms with Crippen molar-refractivity contribution in [3.8, 4) is 11.5 Å². The minimum atomic E-state index is -0.408. The van der Waals surface area contributed by atoms with Crippen LogP contribution in [0.2, 0.25) is 0 Å². The van der Waals surface area contributed by atoms with Crippen molar-refractivity contribution in [2.24, 2.45) is 0 Å². The van der Waals surface area contributed by atoms with Gasteiger partial charge in [-0.1, -0.05) is 0 Å². The van der Waals surface area contributed by atoms with Gasteiger partial charge in [0.25, 0.3) is 0 Å². The predicted octanol–water partition coefficient (Wildman–Crippen LogP) is 2.41. The molecule has 0 spiro atoms. The van der Waals surface area contributed by atoms with Crippen LogP contribution in [0.1, 0.15) is 11.1 Å². The largest absolute Gasteiger partial charge is 0.493 e. The quantitative estimate of drug-likeness (QED) is 0.759. The number of benzene rings is 1. The molecule has 1 aliphatic carbocycles. The van der Waals surface area contributed by atoms with Gasteiger partial charge >= 0.3 is 0 Å². The highest BCUT2D eigenvalue weighted by atomic mass is 35.5. The first-order valence-electron chi connectivity index (χ1n) is 4.81. The number of carbonyl (C=O) groups is 1. The van der Waals surface area contributed by atoms with E-state index in [4.69, 9.17) is 21.1 Å². The molecule has 0 atom stereocenters. The SMILES string of the molecule is COc1cc2c(cc1OC)CC(C(=O)Cl)=C2. The van der Waals surface area contributed by atoms with Crippen molar-refractivity contribution in [2.75, 3.05) is 14.2 Å². The van der Waals surface area contributed by atoms with E-state index in [9.17, 15) is 4.79 Å². The zero-order chi connectivity index (χ0) is 11.7. The van der Waals surface area contributed by atoms with Crippen LogP contribution >= 0.6 is 11.6 Å². The van der Waals surface area contributed by atoms with Crippen LogP contribution in [0.4, 0.5) is 0 Å². The van der Waals surface area contributed by atoms with E-state index in [2.05, 4.69) is 0 Å². The van der Waals surface area contributed by atoms with E-state index in [1.54, 1.807) is 20.3 Å². The van der Waals surface area contributed by atoms with Crippen molar-refractivity contribution in [2.45, 2.75) is 6.42 Å². The van der Waals surface area contributed by atoms with Gasteiger partial charge in [-0.25, -0.2) is 0 Å². The number of carbonyl (C=O) groups excluding carboxylic acids is 1. The molecule has 0 radical (unpaired) electrons. The molecule has 0 aliphatic heterocycles. The first-order valence-corrected chi connectivity index (χ1v) is 5.18. The summed E-state index contributed by atoms with van der Waals surface area (Å²) in [6.45, 7) is 0. The van der Waals surface area contributed by atoms with Crippen molar-refractivity contribution in [1.82, 2.24) is 0 Å². The molecule has 16 heavy (non-hydrogen) atoms. The topological polar surface area (TPSA) is 35.5 Å². The lowest BCUT2D eigenvalue weighted by atomic mass is 10.1. The van der Waals surface area contributed by atoms with Gasteiger partial charge in [-0.15, -0.1) is 0 Å². The summed E-state index contributed by atoms with van der Waals surface area (Å²) in [7, 11) is 3.16. The first kappa shape index (κ1) is 11.0. The average Bonchev–Trinajstić information content (AvgIpc) is 2.69. The molecule has 1 aromatic carbocycles. The van der Waals surface area contributed by atoms with E-state index < -0.39 is 5.24 Å².